The fourth-order valence-corrected chi connectivity index (χ4v) is 3.62. The van der Waals surface area contributed by atoms with E-state index in [2.05, 4.69) is 23.8 Å². The van der Waals surface area contributed by atoms with Gasteiger partial charge in [-0.05, 0) is 48.1 Å². The number of methoxy groups -OCH3 is 2. The molecule has 1 aromatic carbocycles. The molecular weight excluding hydrogens is 296 g/mol. The Morgan fingerprint density at radius 3 is 2.77 bits per heavy atom. The molecule has 0 spiro atoms. The molecule has 0 unspecified atom stereocenters. The molecule has 2 aromatic rings. The Kier molecular flexibility index (Phi) is 6.01. The third kappa shape index (κ3) is 3.89. The Labute approximate surface area is 135 Å². The standard InChI is InChI=1S/C18H22O3S/c1-4-5-6-7-14-15-9-8-13(20-2)12-17(15)22-16(14)10-11-18(19)21-3/h8-12H,4-7H2,1-3H3. The minimum Gasteiger partial charge on any atom is -0.497 e. The summed E-state index contributed by atoms with van der Waals surface area (Å²) < 4.78 is 11.2. The topological polar surface area (TPSA) is 35.5 Å². The monoisotopic (exact) mass is 318 g/mol. The van der Waals surface area contributed by atoms with Crippen LogP contribution in [-0.4, -0.2) is 20.2 Å². The second-order valence-corrected chi connectivity index (χ2v) is 6.20. The number of thiophene rings is 1. The normalized spacial score (nSPS) is 11.2. The van der Waals surface area contributed by atoms with Crippen LogP contribution < -0.4 is 4.74 Å². The van der Waals surface area contributed by atoms with Crippen LogP contribution in [0, 0.1) is 0 Å². The highest BCUT2D eigenvalue weighted by Crippen LogP contribution is 2.35. The Balaban J connectivity index is 2.40. The maximum atomic E-state index is 11.3. The van der Waals surface area contributed by atoms with Crippen LogP contribution in [0.15, 0.2) is 24.3 Å². The molecule has 2 rings (SSSR count). The number of benzene rings is 1. The lowest BCUT2D eigenvalue weighted by atomic mass is 10.0. The molecule has 0 aliphatic rings. The van der Waals surface area contributed by atoms with Crippen molar-refractivity contribution in [2.75, 3.05) is 14.2 Å². The fourth-order valence-electron chi connectivity index (χ4n) is 2.43. The maximum Gasteiger partial charge on any atom is 0.330 e. The highest BCUT2D eigenvalue weighted by Gasteiger charge is 2.11. The van der Waals surface area contributed by atoms with Gasteiger partial charge in [0.1, 0.15) is 5.75 Å². The van der Waals surface area contributed by atoms with Gasteiger partial charge in [-0.1, -0.05) is 19.8 Å². The molecule has 22 heavy (non-hydrogen) atoms. The van der Waals surface area contributed by atoms with E-state index in [1.807, 2.05) is 12.1 Å². The molecule has 0 aliphatic carbocycles. The molecule has 118 valence electrons. The summed E-state index contributed by atoms with van der Waals surface area (Å²) in [4.78, 5) is 12.5. The van der Waals surface area contributed by atoms with Crippen LogP contribution in [0.2, 0.25) is 0 Å². The van der Waals surface area contributed by atoms with E-state index in [9.17, 15) is 4.79 Å². The molecule has 0 amide bonds. The summed E-state index contributed by atoms with van der Waals surface area (Å²) >= 11 is 1.69. The fraction of sp³-hybridized carbons (Fsp3) is 0.389. The third-order valence-electron chi connectivity index (χ3n) is 3.63. The van der Waals surface area contributed by atoms with Crippen molar-refractivity contribution in [3.8, 4) is 5.75 Å². The third-order valence-corrected chi connectivity index (χ3v) is 4.79. The molecule has 0 atom stereocenters. The van der Waals surface area contributed by atoms with Gasteiger partial charge in [-0.3, -0.25) is 0 Å². The van der Waals surface area contributed by atoms with E-state index in [1.165, 1.54) is 41.7 Å². The Hall–Kier alpha value is -1.81. The smallest absolute Gasteiger partial charge is 0.330 e. The van der Waals surface area contributed by atoms with Crippen LogP contribution in [0.4, 0.5) is 0 Å². The minimum atomic E-state index is -0.324. The summed E-state index contributed by atoms with van der Waals surface area (Å²) in [7, 11) is 3.07. The molecule has 4 heteroatoms. The number of carbonyl (C=O) groups excluding carboxylic acids is 1. The molecule has 0 fully saturated rings. The molecule has 0 radical (unpaired) electrons. The highest BCUT2D eigenvalue weighted by molar-refractivity contribution is 7.20. The molecule has 0 saturated carbocycles. The molecule has 0 N–H and O–H groups in total. The summed E-state index contributed by atoms with van der Waals surface area (Å²) in [6.45, 7) is 2.20. The zero-order valence-corrected chi connectivity index (χ0v) is 14.2. The van der Waals surface area contributed by atoms with Crippen molar-refractivity contribution in [1.29, 1.82) is 0 Å². The van der Waals surface area contributed by atoms with Gasteiger partial charge >= 0.3 is 5.97 Å². The highest BCUT2D eigenvalue weighted by atomic mass is 32.1. The van der Waals surface area contributed by atoms with E-state index in [0.29, 0.717) is 0 Å². The second kappa shape index (κ2) is 7.99. The Bertz CT molecular complexity index is 670. The number of aryl methyl sites for hydroxylation is 1. The van der Waals surface area contributed by atoms with E-state index in [0.717, 1.165) is 23.5 Å². The lowest BCUT2D eigenvalue weighted by molar-refractivity contribution is -0.134. The zero-order valence-electron chi connectivity index (χ0n) is 13.3. The van der Waals surface area contributed by atoms with Gasteiger partial charge < -0.3 is 9.47 Å². The first-order valence-electron chi connectivity index (χ1n) is 7.55. The van der Waals surface area contributed by atoms with Crippen molar-refractivity contribution < 1.29 is 14.3 Å². The molecule has 1 aromatic heterocycles. The van der Waals surface area contributed by atoms with Crippen molar-refractivity contribution in [3.05, 3.63) is 34.7 Å². The van der Waals surface area contributed by atoms with Gasteiger partial charge in [0.05, 0.1) is 14.2 Å². The van der Waals surface area contributed by atoms with Crippen LogP contribution in [0.3, 0.4) is 0 Å². The van der Waals surface area contributed by atoms with Gasteiger partial charge in [-0.25, -0.2) is 4.79 Å². The molecule has 3 nitrogen and oxygen atoms in total. The first-order chi connectivity index (χ1) is 10.7. The number of ether oxygens (including phenoxy) is 2. The quantitative estimate of drug-likeness (QED) is 0.417. The lowest BCUT2D eigenvalue weighted by Gasteiger charge is -2.03. The summed E-state index contributed by atoms with van der Waals surface area (Å²) in [5.74, 6) is 0.534. The van der Waals surface area contributed by atoms with E-state index in [1.54, 1.807) is 18.4 Å². The summed E-state index contributed by atoms with van der Waals surface area (Å²) in [6, 6.07) is 6.16. The molecule has 0 saturated heterocycles. The Morgan fingerprint density at radius 1 is 1.27 bits per heavy atom. The number of esters is 1. The van der Waals surface area contributed by atoms with Gasteiger partial charge in [0.25, 0.3) is 0 Å². The van der Waals surface area contributed by atoms with Gasteiger partial charge in [0.2, 0.25) is 0 Å². The van der Waals surface area contributed by atoms with Crippen molar-refractivity contribution in [3.63, 3.8) is 0 Å². The van der Waals surface area contributed by atoms with Gasteiger partial charge in [0.15, 0.2) is 0 Å². The molecule has 0 bridgehead atoms. The van der Waals surface area contributed by atoms with Gasteiger partial charge in [0, 0.05) is 15.7 Å². The van der Waals surface area contributed by atoms with Crippen LogP contribution in [0.25, 0.3) is 16.2 Å². The number of unbranched alkanes of at least 4 members (excludes halogenated alkanes) is 2. The summed E-state index contributed by atoms with van der Waals surface area (Å²) in [6.07, 6.45) is 7.96. The van der Waals surface area contributed by atoms with Crippen LogP contribution >= 0.6 is 11.3 Å². The predicted molar refractivity (Wildman–Crippen MR) is 92.7 cm³/mol. The largest absolute Gasteiger partial charge is 0.497 e. The zero-order chi connectivity index (χ0) is 15.9. The number of hydrogen-bond donors (Lipinski definition) is 0. The summed E-state index contributed by atoms with van der Waals surface area (Å²) in [5, 5.41) is 1.26. The Morgan fingerprint density at radius 2 is 2.09 bits per heavy atom. The van der Waals surface area contributed by atoms with Gasteiger partial charge in [-0.2, -0.15) is 0 Å². The molecular formula is C18H22O3S. The van der Waals surface area contributed by atoms with Crippen molar-refractivity contribution in [2.24, 2.45) is 0 Å². The van der Waals surface area contributed by atoms with Crippen LogP contribution in [-0.2, 0) is 16.0 Å². The maximum absolute atomic E-state index is 11.3. The molecule has 1 heterocycles. The summed E-state index contributed by atoms with van der Waals surface area (Å²) in [5.41, 5.74) is 1.32. The average molecular weight is 318 g/mol. The average Bonchev–Trinajstić information content (AvgIpc) is 2.89. The second-order valence-electron chi connectivity index (χ2n) is 5.12. The number of hydrogen-bond acceptors (Lipinski definition) is 4. The number of carbonyl (C=O) groups is 1. The SMILES string of the molecule is CCCCCc1c(C=CC(=O)OC)sc2cc(OC)ccc12. The van der Waals surface area contributed by atoms with Crippen LogP contribution in [0.5, 0.6) is 5.75 Å². The van der Waals surface area contributed by atoms with E-state index in [4.69, 9.17) is 4.74 Å². The molecule has 0 aliphatic heterocycles. The van der Waals surface area contributed by atoms with Crippen LogP contribution in [0.1, 0.15) is 36.6 Å². The van der Waals surface area contributed by atoms with E-state index in [-0.39, 0.29) is 5.97 Å². The first-order valence-corrected chi connectivity index (χ1v) is 8.36. The van der Waals surface area contributed by atoms with Crippen molar-refractivity contribution >= 4 is 33.5 Å². The number of rotatable bonds is 7. The lowest BCUT2D eigenvalue weighted by Crippen LogP contribution is -1.93. The van der Waals surface area contributed by atoms with E-state index >= 15 is 0 Å². The number of fused-ring (bicyclic) bond motifs is 1. The minimum absolute atomic E-state index is 0.324. The first kappa shape index (κ1) is 16.6. The predicted octanol–water partition coefficient (Wildman–Crippen LogP) is 4.83. The van der Waals surface area contributed by atoms with Gasteiger partial charge in [-0.15, -0.1) is 11.3 Å². The van der Waals surface area contributed by atoms with Crippen molar-refractivity contribution in [1.82, 2.24) is 0 Å². The van der Waals surface area contributed by atoms with E-state index < -0.39 is 0 Å². The van der Waals surface area contributed by atoms with Crippen molar-refractivity contribution in [2.45, 2.75) is 32.6 Å².